The maximum absolute atomic E-state index is 12.5. The van der Waals surface area contributed by atoms with Crippen molar-refractivity contribution < 1.29 is 4.79 Å². The van der Waals surface area contributed by atoms with Crippen LogP contribution in [-0.2, 0) is 6.54 Å². The van der Waals surface area contributed by atoms with Crippen molar-refractivity contribution in [2.45, 2.75) is 6.54 Å². The molecule has 0 atom stereocenters. The van der Waals surface area contributed by atoms with Crippen LogP contribution in [0.25, 0.3) is 0 Å². The number of hydrogen-bond acceptors (Lipinski definition) is 3. The molecule has 0 saturated carbocycles. The first-order valence-electron chi connectivity index (χ1n) is 7.89. The van der Waals surface area contributed by atoms with Gasteiger partial charge >= 0.3 is 0 Å². The molecule has 2 aromatic carbocycles. The molecule has 0 saturated heterocycles. The third-order valence-electron chi connectivity index (χ3n) is 3.81. The molecule has 126 valence electrons. The fraction of sp³-hybridized carbons (Fsp3) is 0.100. The Morgan fingerprint density at radius 3 is 2.56 bits per heavy atom. The van der Waals surface area contributed by atoms with Gasteiger partial charge in [0, 0.05) is 19.8 Å². The second-order valence-electron chi connectivity index (χ2n) is 5.71. The minimum Gasteiger partial charge on any atom is -0.369 e. The highest BCUT2D eigenvalue weighted by atomic mass is 35.5. The highest BCUT2D eigenvalue weighted by molar-refractivity contribution is 6.33. The number of halogens is 1. The number of pyridine rings is 1. The molecule has 1 amide bonds. The van der Waals surface area contributed by atoms with Gasteiger partial charge in [-0.2, -0.15) is 0 Å². The number of benzene rings is 2. The van der Waals surface area contributed by atoms with Gasteiger partial charge in [-0.1, -0.05) is 54.1 Å². The van der Waals surface area contributed by atoms with Crippen molar-refractivity contribution >= 4 is 28.9 Å². The summed E-state index contributed by atoms with van der Waals surface area (Å²) in [6.07, 6.45) is 3.29. The molecule has 1 heterocycles. The molecule has 0 aliphatic rings. The summed E-state index contributed by atoms with van der Waals surface area (Å²) in [5, 5.41) is 3.31. The van der Waals surface area contributed by atoms with Crippen LogP contribution in [0.1, 0.15) is 15.9 Å². The van der Waals surface area contributed by atoms with Crippen LogP contribution in [0.4, 0.5) is 11.4 Å². The first-order valence-corrected chi connectivity index (χ1v) is 8.27. The van der Waals surface area contributed by atoms with Crippen LogP contribution in [0.5, 0.6) is 0 Å². The Morgan fingerprint density at radius 1 is 1.08 bits per heavy atom. The van der Waals surface area contributed by atoms with Gasteiger partial charge < -0.3 is 10.2 Å². The van der Waals surface area contributed by atoms with E-state index in [0.29, 0.717) is 16.3 Å². The number of nitrogens with one attached hydrogen (secondary N) is 1. The summed E-state index contributed by atoms with van der Waals surface area (Å²) in [7, 11) is 1.97. The van der Waals surface area contributed by atoms with Crippen LogP contribution in [0.15, 0.2) is 73.1 Å². The Morgan fingerprint density at radius 2 is 1.80 bits per heavy atom. The number of carbonyl (C=O) groups excluding carboxylic acids is 1. The maximum atomic E-state index is 12.5. The zero-order chi connectivity index (χ0) is 17.6. The Hall–Kier alpha value is -2.85. The first-order chi connectivity index (χ1) is 12.1. The molecule has 0 unspecified atom stereocenters. The molecule has 0 radical (unpaired) electrons. The van der Waals surface area contributed by atoms with Crippen molar-refractivity contribution in [1.82, 2.24) is 4.98 Å². The fourth-order valence-corrected chi connectivity index (χ4v) is 2.65. The molecular formula is C20H18ClN3O. The van der Waals surface area contributed by atoms with Crippen molar-refractivity contribution in [3.8, 4) is 0 Å². The molecule has 0 aliphatic heterocycles. The monoisotopic (exact) mass is 351 g/mol. The van der Waals surface area contributed by atoms with Gasteiger partial charge in [-0.15, -0.1) is 0 Å². The van der Waals surface area contributed by atoms with Gasteiger partial charge in [-0.25, -0.2) is 0 Å². The molecule has 1 N–H and O–H groups in total. The van der Waals surface area contributed by atoms with E-state index in [1.54, 1.807) is 24.5 Å². The minimum atomic E-state index is -0.240. The summed E-state index contributed by atoms with van der Waals surface area (Å²) in [4.78, 5) is 18.7. The molecule has 0 spiro atoms. The first kappa shape index (κ1) is 17.0. The molecule has 3 rings (SSSR count). The van der Waals surface area contributed by atoms with E-state index in [0.717, 1.165) is 12.2 Å². The van der Waals surface area contributed by atoms with E-state index in [-0.39, 0.29) is 5.91 Å². The lowest BCUT2D eigenvalue weighted by molar-refractivity contribution is 0.102. The van der Waals surface area contributed by atoms with Crippen molar-refractivity contribution in [2.24, 2.45) is 0 Å². The summed E-state index contributed by atoms with van der Waals surface area (Å²) in [5.74, 6) is -0.240. The van der Waals surface area contributed by atoms with E-state index in [1.807, 2.05) is 43.4 Å². The zero-order valence-electron chi connectivity index (χ0n) is 13.8. The largest absolute Gasteiger partial charge is 0.369 e. The molecular weight excluding hydrogens is 334 g/mol. The van der Waals surface area contributed by atoms with Gasteiger partial charge in [0.2, 0.25) is 0 Å². The second kappa shape index (κ2) is 7.81. The van der Waals surface area contributed by atoms with Gasteiger partial charge in [0.05, 0.1) is 28.2 Å². The number of amides is 1. The van der Waals surface area contributed by atoms with Crippen molar-refractivity contribution in [2.75, 3.05) is 17.3 Å². The highest BCUT2D eigenvalue weighted by Gasteiger charge is 2.11. The van der Waals surface area contributed by atoms with Gasteiger partial charge in [-0.3, -0.25) is 9.78 Å². The predicted octanol–water partition coefficient (Wildman–Crippen LogP) is 4.62. The van der Waals surface area contributed by atoms with E-state index in [2.05, 4.69) is 27.3 Å². The lowest BCUT2D eigenvalue weighted by Gasteiger charge is -2.19. The Labute approximate surface area is 152 Å². The lowest BCUT2D eigenvalue weighted by atomic mass is 10.2. The molecule has 0 fully saturated rings. The van der Waals surface area contributed by atoms with Crippen molar-refractivity contribution in [3.63, 3.8) is 0 Å². The third kappa shape index (κ3) is 4.37. The number of hydrogen-bond donors (Lipinski definition) is 1. The van der Waals surface area contributed by atoms with Crippen LogP contribution in [0.3, 0.4) is 0 Å². The van der Waals surface area contributed by atoms with Gasteiger partial charge in [0.15, 0.2) is 0 Å². The van der Waals surface area contributed by atoms with Gasteiger partial charge in [0.25, 0.3) is 5.91 Å². The average Bonchev–Trinajstić information content (AvgIpc) is 2.64. The van der Waals surface area contributed by atoms with E-state index < -0.39 is 0 Å². The zero-order valence-corrected chi connectivity index (χ0v) is 14.6. The normalized spacial score (nSPS) is 10.3. The Bertz CT molecular complexity index is 868. The topological polar surface area (TPSA) is 45.2 Å². The Kier molecular flexibility index (Phi) is 5.31. The number of nitrogens with zero attached hydrogens (tertiary/aromatic N) is 2. The highest BCUT2D eigenvalue weighted by Crippen LogP contribution is 2.22. The van der Waals surface area contributed by atoms with Crippen LogP contribution < -0.4 is 10.2 Å². The summed E-state index contributed by atoms with van der Waals surface area (Å²) in [6, 6.07) is 19.1. The van der Waals surface area contributed by atoms with Gasteiger partial charge in [-0.05, 0) is 23.8 Å². The summed E-state index contributed by atoms with van der Waals surface area (Å²) in [6.45, 7) is 0.734. The number of aromatic nitrogens is 1. The number of para-hydroxylation sites is 1. The smallest absolute Gasteiger partial charge is 0.257 e. The van der Waals surface area contributed by atoms with Crippen LogP contribution in [-0.4, -0.2) is 17.9 Å². The molecule has 1 aromatic heterocycles. The minimum absolute atomic E-state index is 0.240. The van der Waals surface area contributed by atoms with Crippen LogP contribution >= 0.6 is 11.6 Å². The van der Waals surface area contributed by atoms with E-state index >= 15 is 0 Å². The molecule has 0 aliphatic carbocycles. The fourth-order valence-electron chi connectivity index (χ4n) is 2.47. The molecule has 5 heteroatoms. The maximum Gasteiger partial charge on any atom is 0.257 e. The average molecular weight is 352 g/mol. The number of rotatable bonds is 5. The van der Waals surface area contributed by atoms with Gasteiger partial charge in [0.1, 0.15) is 0 Å². The summed E-state index contributed by atoms with van der Waals surface area (Å²) in [5.41, 5.74) is 3.13. The summed E-state index contributed by atoms with van der Waals surface area (Å²) < 4.78 is 0. The van der Waals surface area contributed by atoms with E-state index in [4.69, 9.17) is 11.6 Å². The number of carbonyl (C=O) groups is 1. The number of anilines is 2. The van der Waals surface area contributed by atoms with Crippen molar-refractivity contribution in [3.05, 3.63) is 89.2 Å². The van der Waals surface area contributed by atoms with Crippen LogP contribution in [0.2, 0.25) is 5.02 Å². The second-order valence-corrected chi connectivity index (χ2v) is 6.11. The quantitative estimate of drug-likeness (QED) is 0.729. The standard InChI is InChI=1S/C20H18ClN3O/c1-24(14-15-7-3-2-4-8-15)17-11-16(12-22-13-17)20(25)23-19-10-6-5-9-18(19)21/h2-13H,14H2,1H3,(H,23,25). The molecule has 3 aromatic rings. The van der Waals surface area contributed by atoms with Crippen molar-refractivity contribution in [1.29, 1.82) is 0 Å². The van der Waals surface area contributed by atoms with Crippen LogP contribution in [0, 0.1) is 0 Å². The van der Waals surface area contributed by atoms with E-state index in [9.17, 15) is 4.79 Å². The molecule has 25 heavy (non-hydrogen) atoms. The third-order valence-corrected chi connectivity index (χ3v) is 4.14. The molecule has 0 bridgehead atoms. The van der Waals surface area contributed by atoms with E-state index in [1.165, 1.54) is 5.56 Å². The lowest BCUT2D eigenvalue weighted by Crippen LogP contribution is -2.18. The molecule has 4 nitrogen and oxygen atoms in total. The SMILES string of the molecule is CN(Cc1ccccc1)c1cncc(C(=O)Nc2ccccc2Cl)c1. The Balaban J connectivity index is 1.74. The predicted molar refractivity (Wildman–Crippen MR) is 102 cm³/mol. The summed E-state index contributed by atoms with van der Waals surface area (Å²) >= 11 is 6.09.